The summed E-state index contributed by atoms with van der Waals surface area (Å²) >= 11 is 0. The lowest BCUT2D eigenvalue weighted by Crippen LogP contribution is -2.31. The van der Waals surface area contributed by atoms with Crippen LogP contribution in [0.1, 0.15) is 21.5 Å². The van der Waals surface area contributed by atoms with Crippen molar-refractivity contribution in [2.45, 2.75) is 0 Å². The molecule has 0 atom stereocenters. The predicted octanol–water partition coefficient (Wildman–Crippen LogP) is 3.89. The second-order valence-corrected chi connectivity index (χ2v) is 6.14. The first kappa shape index (κ1) is 16.7. The number of carbonyl (C=O) groups is 3. The molecular formula is C23H15NO3. The van der Waals surface area contributed by atoms with E-state index in [2.05, 4.69) is 5.32 Å². The number of Topliss-reactive ketones (excluding diaryl/α,β-unsaturated/α-hetero) is 2. The van der Waals surface area contributed by atoms with E-state index in [0.717, 1.165) is 0 Å². The minimum Gasteiger partial charge on any atom is -0.322 e. The Labute approximate surface area is 156 Å². The van der Waals surface area contributed by atoms with Gasteiger partial charge in [-0.25, -0.2) is 0 Å². The molecule has 0 aromatic heterocycles. The quantitative estimate of drug-likeness (QED) is 0.574. The Morgan fingerprint density at radius 3 is 1.85 bits per heavy atom. The van der Waals surface area contributed by atoms with Gasteiger partial charge >= 0.3 is 0 Å². The van der Waals surface area contributed by atoms with Crippen LogP contribution in [0.5, 0.6) is 0 Å². The number of hydrogen-bond donors (Lipinski definition) is 1. The molecule has 0 bridgehead atoms. The van der Waals surface area contributed by atoms with Gasteiger partial charge in [-0.3, -0.25) is 14.4 Å². The number of rotatable bonds is 3. The van der Waals surface area contributed by atoms with Gasteiger partial charge in [0.1, 0.15) is 0 Å². The number of anilines is 1. The number of carbonyl (C=O) groups excluding carboxylic acids is 3. The Bertz CT molecular complexity index is 1080. The minimum absolute atomic E-state index is 0.131. The van der Waals surface area contributed by atoms with Crippen molar-refractivity contribution in [1.82, 2.24) is 0 Å². The Kier molecular flexibility index (Phi) is 4.22. The molecule has 4 nitrogen and oxygen atoms in total. The number of amides is 1. The highest BCUT2D eigenvalue weighted by Crippen LogP contribution is 2.35. The van der Waals surface area contributed by atoms with Crippen molar-refractivity contribution in [3.05, 3.63) is 107 Å². The summed E-state index contributed by atoms with van der Waals surface area (Å²) < 4.78 is 0. The van der Waals surface area contributed by atoms with Gasteiger partial charge in [0.25, 0.3) is 5.91 Å². The molecule has 0 radical (unpaired) electrons. The summed E-state index contributed by atoms with van der Waals surface area (Å²) in [6.07, 6.45) is 0. The summed E-state index contributed by atoms with van der Waals surface area (Å²) in [7, 11) is 0. The smallest absolute Gasteiger partial charge is 0.260 e. The van der Waals surface area contributed by atoms with Crippen LogP contribution in [-0.4, -0.2) is 17.5 Å². The Hall–Kier alpha value is -3.79. The molecule has 1 aliphatic rings. The second kappa shape index (κ2) is 6.84. The minimum atomic E-state index is -0.791. The van der Waals surface area contributed by atoms with Crippen LogP contribution < -0.4 is 5.32 Å². The van der Waals surface area contributed by atoms with Crippen molar-refractivity contribution in [3.63, 3.8) is 0 Å². The zero-order valence-electron chi connectivity index (χ0n) is 14.3. The zero-order valence-corrected chi connectivity index (χ0v) is 14.3. The SMILES string of the molecule is O=C(Nc1ccccc1)C1=C(c2ccccc2)c2ccccc2C(=O)C1=O. The molecule has 3 aromatic rings. The van der Waals surface area contributed by atoms with Gasteiger partial charge in [0.2, 0.25) is 11.6 Å². The standard InChI is InChI=1S/C23H15NO3/c25-21-18-14-8-7-13-17(18)19(15-9-3-1-4-10-15)20(22(21)26)23(27)24-16-11-5-2-6-12-16/h1-14H,(H,24,27). The van der Waals surface area contributed by atoms with Gasteiger partial charge in [-0.2, -0.15) is 0 Å². The first-order chi connectivity index (χ1) is 13.2. The van der Waals surface area contributed by atoms with E-state index in [4.69, 9.17) is 0 Å². The zero-order chi connectivity index (χ0) is 18.8. The van der Waals surface area contributed by atoms with Gasteiger partial charge in [-0.05, 0) is 23.3 Å². The largest absolute Gasteiger partial charge is 0.322 e. The summed E-state index contributed by atoms with van der Waals surface area (Å²) in [4.78, 5) is 38.4. The van der Waals surface area contributed by atoms with Crippen LogP contribution in [0.15, 0.2) is 90.5 Å². The summed E-state index contributed by atoms with van der Waals surface area (Å²) in [5.41, 5.74) is 2.52. The normalized spacial score (nSPS) is 13.3. The summed E-state index contributed by atoms with van der Waals surface area (Å²) in [5, 5.41) is 2.72. The van der Waals surface area contributed by atoms with Gasteiger partial charge in [0.05, 0.1) is 5.57 Å². The van der Waals surface area contributed by atoms with E-state index >= 15 is 0 Å². The molecule has 1 aliphatic carbocycles. The van der Waals surface area contributed by atoms with Gasteiger partial charge in [-0.15, -0.1) is 0 Å². The van der Waals surface area contributed by atoms with Crippen molar-refractivity contribution in [2.24, 2.45) is 0 Å². The Balaban J connectivity index is 1.93. The molecule has 4 heteroatoms. The lowest BCUT2D eigenvalue weighted by molar-refractivity contribution is -0.118. The molecule has 27 heavy (non-hydrogen) atoms. The van der Waals surface area contributed by atoms with Crippen LogP contribution in [0, 0.1) is 0 Å². The average Bonchev–Trinajstić information content (AvgIpc) is 2.72. The van der Waals surface area contributed by atoms with E-state index < -0.39 is 17.5 Å². The highest BCUT2D eigenvalue weighted by atomic mass is 16.2. The van der Waals surface area contributed by atoms with Crippen molar-refractivity contribution >= 4 is 28.7 Å². The van der Waals surface area contributed by atoms with E-state index in [1.165, 1.54) is 0 Å². The highest BCUT2D eigenvalue weighted by Gasteiger charge is 2.36. The summed E-state index contributed by atoms with van der Waals surface area (Å²) in [6.45, 7) is 0. The second-order valence-electron chi connectivity index (χ2n) is 6.14. The van der Waals surface area contributed by atoms with Gasteiger partial charge in [0, 0.05) is 16.8 Å². The molecule has 0 unspecified atom stereocenters. The number of fused-ring (bicyclic) bond motifs is 1. The third kappa shape index (κ3) is 2.98. The van der Waals surface area contributed by atoms with E-state index in [1.807, 2.05) is 36.4 Å². The fourth-order valence-corrected chi connectivity index (χ4v) is 3.22. The van der Waals surface area contributed by atoms with Crippen molar-refractivity contribution in [1.29, 1.82) is 0 Å². The van der Waals surface area contributed by atoms with Crippen molar-refractivity contribution in [2.75, 3.05) is 5.32 Å². The maximum absolute atomic E-state index is 13.0. The Morgan fingerprint density at radius 1 is 0.630 bits per heavy atom. The lowest BCUT2D eigenvalue weighted by atomic mass is 9.80. The van der Waals surface area contributed by atoms with Crippen molar-refractivity contribution < 1.29 is 14.4 Å². The molecule has 1 N–H and O–H groups in total. The van der Waals surface area contributed by atoms with Gasteiger partial charge < -0.3 is 5.32 Å². The maximum Gasteiger partial charge on any atom is 0.260 e. The highest BCUT2D eigenvalue weighted by molar-refractivity contribution is 6.58. The summed E-state index contributed by atoms with van der Waals surface area (Å²) in [5.74, 6) is -2.04. The lowest BCUT2D eigenvalue weighted by Gasteiger charge is -2.21. The topological polar surface area (TPSA) is 63.2 Å². The number of hydrogen-bond acceptors (Lipinski definition) is 3. The van der Waals surface area contributed by atoms with Crippen molar-refractivity contribution in [3.8, 4) is 0 Å². The molecule has 0 saturated carbocycles. The van der Waals surface area contributed by atoms with Crippen LogP contribution in [0.25, 0.3) is 5.57 Å². The van der Waals surface area contributed by atoms with Crippen LogP contribution >= 0.6 is 0 Å². The monoisotopic (exact) mass is 353 g/mol. The van der Waals surface area contributed by atoms with Crippen LogP contribution in [0.2, 0.25) is 0 Å². The van der Waals surface area contributed by atoms with E-state index in [0.29, 0.717) is 28.0 Å². The van der Waals surface area contributed by atoms with E-state index in [9.17, 15) is 14.4 Å². The van der Waals surface area contributed by atoms with Crippen LogP contribution in [0.3, 0.4) is 0 Å². The molecule has 0 aliphatic heterocycles. The first-order valence-corrected chi connectivity index (χ1v) is 8.51. The molecule has 4 rings (SSSR count). The average molecular weight is 353 g/mol. The summed E-state index contributed by atoms with van der Waals surface area (Å²) in [6, 6.07) is 24.9. The Morgan fingerprint density at radius 2 is 1.19 bits per heavy atom. The molecule has 0 saturated heterocycles. The van der Waals surface area contributed by atoms with E-state index in [-0.39, 0.29) is 5.57 Å². The van der Waals surface area contributed by atoms with Gasteiger partial charge in [0.15, 0.2) is 0 Å². The third-order valence-electron chi connectivity index (χ3n) is 4.45. The molecule has 130 valence electrons. The number of nitrogens with one attached hydrogen (secondary N) is 1. The molecular weight excluding hydrogens is 338 g/mol. The molecule has 0 spiro atoms. The van der Waals surface area contributed by atoms with Gasteiger partial charge in [-0.1, -0.05) is 72.8 Å². The fourth-order valence-electron chi connectivity index (χ4n) is 3.22. The molecule has 0 heterocycles. The molecule has 3 aromatic carbocycles. The predicted molar refractivity (Wildman–Crippen MR) is 103 cm³/mol. The molecule has 0 fully saturated rings. The third-order valence-corrected chi connectivity index (χ3v) is 4.45. The van der Waals surface area contributed by atoms with E-state index in [1.54, 1.807) is 48.5 Å². The first-order valence-electron chi connectivity index (χ1n) is 8.51. The number of para-hydroxylation sites is 1. The fraction of sp³-hybridized carbons (Fsp3) is 0. The molecule has 1 amide bonds. The number of benzene rings is 3. The maximum atomic E-state index is 13.0. The van der Waals surface area contributed by atoms with Crippen LogP contribution in [0.4, 0.5) is 5.69 Å². The van der Waals surface area contributed by atoms with Crippen LogP contribution in [-0.2, 0) is 9.59 Å². The number of ketones is 2.